The number of halogens is 3. The van der Waals surface area contributed by atoms with Gasteiger partial charge in [-0.05, 0) is 30.7 Å². The van der Waals surface area contributed by atoms with Crippen molar-refractivity contribution in [2.75, 3.05) is 19.7 Å². The number of hydrogen-bond donors (Lipinski definition) is 1. The number of nitrogens with two attached hydrogens (primary N) is 1. The molecule has 3 atom stereocenters. The molecule has 2 heterocycles. The molecule has 8 heteroatoms. The summed E-state index contributed by atoms with van der Waals surface area (Å²) in [6.45, 7) is 0.614. The molecule has 1 aromatic rings. The van der Waals surface area contributed by atoms with E-state index in [1.807, 2.05) is 0 Å². The number of ether oxygens (including phenoxy) is 1. The molecule has 3 rings (SSSR count). The molecule has 23 heavy (non-hydrogen) atoms. The highest BCUT2D eigenvalue weighted by Crippen LogP contribution is 2.37. The Morgan fingerprint density at radius 3 is 2.87 bits per heavy atom. The summed E-state index contributed by atoms with van der Waals surface area (Å²) in [7, 11) is 0. The SMILES string of the molecule is Cl.NC1CCC2CN(C(=O)c3cccc(OCC(F)F)n3)CC12. The number of carbonyl (C=O) groups excluding carboxylic acids is 1. The van der Waals surface area contributed by atoms with Crippen LogP contribution < -0.4 is 10.5 Å². The molecule has 0 spiro atoms. The summed E-state index contributed by atoms with van der Waals surface area (Å²) < 4.78 is 29.2. The Hall–Kier alpha value is -1.47. The van der Waals surface area contributed by atoms with E-state index in [9.17, 15) is 13.6 Å². The highest BCUT2D eigenvalue weighted by molar-refractivity contribution is 5.92. The van der Waals surface area contributed by atoms with Crippen molar-refractivity contribution in [2.45, 2.75) is 25.3 Å². The second-order valence-electron chi connectivity index (χ2n) is 5.94. The first-order valence-electron chi connectivity index (χ1n) is 7.47. The van der Waals surface area contributed by atoms with E-state index >= 15 is 0 Å². The van der Waals surface area contributed by atoms with Crippen molar-refractivity contribution in [2.24, 2.45) is 17.6 Å². The minimum atomic E-state index is -2.57. The molecule has 3 unspecified atom stereocenters. The molecule has 0 radical (unpaired) electrons. The van der Waals surface area contributed by atoms with Gasteiger partial charge < -0.3 is 15.4 Å². The van der Waals surface area contributed by atoms with Crippen LogP contribution in [-0.4, -0.2) is 48.0 Å². The van der Waals surface area contributed by atoms with Crippen LogP contribution in [0.2, 0.25) is 0 Å². The Morgan fingerprint density at radius 2 is 2.17 bits per heavy atom. The number of fused-ring (bicyclic) bond motifs is 1. The van der Waals surface area contributed by atoms with Crippen LogP contribution in [0, 0.1) is 11.8 Å². The fourth-order valence-electron chi connectivity index (χ4n) is 3.40. The van der Waals surface area contributed by atoms with E-state index in [4.69, 9.17) is 10.5 Å². The fraction of sp³-hybridized carbons (Fsp3) is 0.600. The van der Waals surface area contributed by atoms with Gasteiger partial charge in [0.2, 0.25) is 5.88 Å². The topological polar surface area (TPSA) is 68.5 Å². The zero-order chi connectivity index (χ0) is 15.7. The maximum atomic E-state index is 12.5. The smallest absolute Gasteiger partial charge is 0.272 e. The monoisotopic (exact) mass is 347 g/mol. The number of likely N-dealkylation sites (tertiary alicyclic amines) is 1. The van der Waals surface area contributed by atoms with Gasteiger partial charge in [-0.2, -0.15) is 0 Å². The number of rotatable bonds is 4. The normalized spacial score (nSPS) is 26.1. The first-order valence-corrected chi connectivity index (χ1v) is 7.47. The predicted molar refractivity (Wildman–Crippen MR) is 83.1 cm³/mol. The molecule has 0 aromatic carbocycles. The van der Waals surface area contributed by atoms with Gasteiger partial charge >= 0.3 is 0 Å². The highest BCUT2D eigenvalue weighted by Gasteiger charge is 2.42. The zero-order valence-electron chi connectivity index (χ0n) is 12.5. The molecule has 2 aliphatic rings. The summed E-state index contributed by atoms with van der Waals surface area (Å²) in [6.07, 6.45) is -0.492. The van der Waals surface area contributed by atoms with Gasteiger partial charge in [-0.15, -0.1) is 12.4 Å². The molecule has 0 bridgehead atoms. The Balaban J connectivity index is 0.00000192. The predicted octanol–water partition coefficient (Wildman–Crippen LogP) is 1.96. The van der Waals surface area contributed by atoms with Gasteiger partial charge in [0.1, 0.15) is 5.69 Å². The highest BCUT2D eigenvalue weighted by atomic mass is 35.5. The second kappa shape index (κ2) is 7.40. The average molecular weight is 348 g/mol. The van der Waals surface area contributed by atoms with Gasteiger partial charge in [-0.3, -0.25) is 4.79 Å². The van der Waals surface area contributed by atoms with E-state index in [2.05, 4.69) is 4.98 Å². The van der Waals surface area contributed by atoms with E-state index in [1.54, 1.807) is 17.0 Å². The third kappa shape index (κ3) is 3.90. The van der Waals surface area contributed by atoms with E-state index < -0.39 is 13.0 Å². The molecule has 1 aliphatic heterocycles. The lowest BCUT2D eigenvalue weighted by atomic mass is 9.98. The van der Waals surface area contributed by atoms with Crippen LogP contribution in [-0.2, 0) is 0 Å². The molecule has 5 nitrogen and oxygen atoms in total. The molecule has 1 aliphatic carbocycles. The van der Waals surface area contributed by atoms with Crippen molar-refractivity contribution < 1.29 is 18.3 Å². The van der Waals surface area contributed by atoms with Gasteiger partial charge in [-0.1, -0.05) is 6.07 Å². The number of hydrogen-bond acceptors (Lipinski definition) is 4. The van der Waals surface area contributed by atoms with Crippen LogP contribution >= 0.6 is 12.4 Å². The largest absolute Gasteiger partial charge is 0.472 e. The maximum absolute atomic E-state index is 12.5. The van der Waals surface area contributed by atoms with Gasteiger partial charge in [0, 0.05) is 25.2 Å². The fourth-order valence-corrected chi connectivity index (χ4v) is 3.40. The van der Waals surface area contributed by atoms with Crippen molar-refractivity contribution in [1.82, 2.24) is 9.88 Å². The summed E-state index contributed by atoms with van der Waals surface area (Å²) >= 11 is 0. The summed E-state index contributed by atoms with van der Waals surface area (Å²) in [6, 6.07) is 4.79. The first-order chi connectivity index (χ1) is 10.5. The van der Waals surface area contributed by atoms with Crippen molar-refractivity contribution in [1.29, 1.82) is 0 Å². The summed E-state index contributed by atoms with van der Waals surface area (Å²) in [4.78, 5) is 18.3. The first kappa shape index (κ1) is 17.9. The van der Waals surface area contributed by atoms with Crippen molar-refractivity contribution in [3.63, 3.8) is 0 Å². The zero-order valence-corrected chi connectivity index (χ0v) is 13.3. The Morgan fingerprint density at radius 1 is 1.39 bits per heavy atom. The quantitative estimate of drug-likeness (QED) is 0.904. The van der Waals surface area contributed by atoms with Crippen LogP contribution in [0.25, 0.3) is 0 Å². The van der Waals surface area contributed by atoms with E-state index in [1.165, 1.54) is 6.07 Å². The number of aromatic nitrogens is 1. The average Bonchev–Trinajstić information content (AvgIpc) is 3.07. The van der Waals surface area contributed by atoms with Crippen LogP contribution in [0.5, 0.6) is 5.88 Å². The minimum Gasteiger partial charge on any atom is -0.472 e. The van der Waals surface area contributed by atoms with Crippen molar-refractivity contribution in [3.8, 4) is 5.88 Å². The molecule has 2 N–H and O–H groups in total. The number of carbonyl (C=O) groups is 1. The van der Waals surface area contributed by atoms with Crippen molar-refractivity contribution in [3.05, 3.63) is 23.9 Å². The molecular formula is C15H20ClF2N3O2. The second-order valence-corrected chi connectivity index (χ2v) is 5.94. The lowest BCUT2D eigenvalue weighted by Gasteiger charge is -2.18. The standard InChI is InChI=1S/C15H19F2N3O2.ClH/c16-13(17)8-22-14-3-1-2-12(19-14)15(21)20-6-9-4-5-11(18)10(9)7-20;/h1-3,9-11,13H,4-8,18H2;1H. The number of pyridine rings is 1. The number of amides is 1. The van der Waals surface area contributed by atoms with Gasteiger partial charge in [-0.25, -0.2) is 13.8 Å². The minimum absolute atomic E-state index is 0. The Kier molecular flexibility index (Phi) is 5.75. The Bertz CT molecular complexity index is 561. The van der Waals surface area contributed by atoms with Gasteiger partial charge in [0.15, 0.2) is 6.61 Å². The maximum Gasteiger partial charge on any atom is 0.272 e. The summed E-state index contributed by atoms with van der Waals surface area (Å²) in [5, 5.41) is 0. The molecule has 1 aromatic heterocycles. The van der Waals surface area contributed by atoms with Crippen LogP contribution in [0.4, 0.5) is 8.78 Å². The van der Waals surface area contributed by atoms with Crippen LogP contribution in [0.1, 0.15) is 23.3 Å². The van der Waals surface area contributed by atoms with Crippen LogP contribution in [0.3, 0.4) is 0 Å². The van der Waals surface area contributed by atoms with Crippen molar-refractivity contribution >= 4 is 18.3 Å². The summed E-state index contributed by atoms with van der Waals surface area (Å²) in [5.74, 6) is 0.686. The molecule has 128 valence electrons. The molecule has 1 saturated heterocycles. The van der Waals surface area contributed by atoms with E-state index in [-0.39, 0.29) is 35.9 Å². The lowest BCUT2D eigenvalue weighted by Crippen LogP contribution is -2.33. The summed E-state index contributed by atoms with van der Waals surface area (Å²) in [5.41, 5.74) is 6.29. The van der Waals surface area contributed by atoms with E-state index in [0.717, 1.165) is 12.8 Å². The molecule has 2 fully saturated rings. The van der Waals surface area contributed by atoms with Gasteiger partial charge in [0.25, 0.3) is 12.3 Å². The van der Waals surface area contributed by atoms with E-state index in [0.29, 0.717) is 24.9 Å². The van der Waals surface area contributed by atoms with Crippen LogP contribution in [0.15, 0.2) is 18.2 Å². The molecule has 1 amide bonds. The third-order valence-corrected chi connectivity index (χ3v) is 4.50. The molecule has 1 saturated carbocycles. The lowest BCUT2D eigenvalue weighted by molar-refractivity contribution is 0.0756. The third-order valence-electron chi connectivity index (χ3n) is 4.50. The number of alkyl halides is 2. The van der Waals surface area contributed by atoms with Gasteiger partial charge in [0.05, 0.1) is 0 Å². The Labute approximate surface area is 139 Å². The number of nitrogens with zero attached hydrogens (tertiary/aromatic N) is 2. The molecular weight excluding hydrogens is 328 g/mol.